The van der Waals surface area contributed by atoms with E-state index in [0.717, 1.165) is 15.9 Å². The highest BCUT2D eigenvalue weighted by atomic mass is 79.9. The normalized spacial score (nSPS) is 9.47. The lowest BCUT2D eigenvalue weighted by molar-refractivity contribution is 1.06. The highest BCUT2D eigenvalue weighted by Crippen LogP contribution is 2.16. The van der Waals surface area contributed by atoms with Crippen molar-refractivity contribution in [3.8, 4) is 0 Å². The Morgan fingerprint density at radius 1 is 1.73 bits per heavy atom. The van der Waals surface area contributed by atoms with Crippen LogP contribution in [0.4, 0.5) is 5.82 Å². The molecule has 15 heavy (non-hydrogen) atoms. The standard InChI is InChI=1S/C10H12BrN3S/c1-3-4-12-10(15)14-9-7(2)5-8(11)6-13-9/h3,5-6H,1,4H2,2H3,(H2,12,13,14,15). The summed E-state index contributed by atoms with van der Waals surface area (Å²) in [5.41, 5.74) is 1.03. The molecule has 1 rings (SSSR count). The van der Waals surface area contributed by atoms with Crippen LogP contribution in [0.5, 0.6) is 0 Å². The summed E-state index contributed by atoms with van der Waals surface area (Å²) in [7, 11) is 0. The van der Waals surface area contributed by atoms with Crippen LogP contribution in [-0.4, -0.2) is 16.6 Å². The topological polar surface area (TPSA) is 37.0 Å². The molecule has 2 N–H and O–H groups in total. The van der Waals surface area contributed by atoms with Gasteiger partial charge in [-0.3, -0.25) is 0 Å². The Hall–Kier alpha value is -0.940. The molecule has 0 unspecified atom stereocenters. The number of nitrogens with one attached hydrogen (secondary N) is 2. The average molecular weight is 286 g/mol. The van der Waals surface area contributed by atoms with E-state index in [0.29, 0.717) is 11.7 Å². The first-order chi connectivity index (χ1) is 7.13. The predicted molar refractivity (Wildman–Crippen MR) is 71.1 cm³/mol. The van der Waals surface area contributed by atoms with Gasteiger partial charge in [0, 0.05) is 17.2 Å². The lowest BCUT2D eigenvalue weighted by Crippen LogP contribution is -2.29. The molecule has 0 amide bonds. The summed E-state index contributed by atoms with van der Waals surface area (Å²) in [5.74, 6) is 0.764. The Morgan fingerprint density at radius 2 is 2.47 bits per heavy atom. The number of anilines is 1. The SMILES string of the molecule is C=CCNC(=S)Nc1ncc(Br)cc1C. The maximum atomic E-state index is 5.07. The van der Waals surface area contributed by atoms with Crippen LogP contribution in [0.3, 0.4) is 0 Å². The van der Waals surface area contributed by atoms with E-state index in [1.165, 1.54) is 0 Å². The fraction of sp³-hybridized carbons (Fsp3) is 0.200. The quantitative estimate of drug-likeness (QED) is 0.661. The lowest BCUT2D eigenvalue weighted by Gasteiger charge is -2.10. The van der Waals surface area contributed by atoms with E-state index in [1.807, 2.05) is 13.0 Å². The number of halogens is 1. The Bertz CT molecular complexity index is 379. The molecule has 0 spiro atoms. The second kappa shape index (κ2) is 5.82. The smallest absolute Gasteiger partial charge is 0.172 e. The summed E-state index contributed by atoms with van der Waals surface area (Å²) >= 11 is 8.42. The minimum Gasteiger partial charge on any atom is -0.359 e. The van der Waals surface area contributed by atoms with E-state index in [9.17, 15) is 0 Å². The zero-order chi connectivity index (χ0) is 11.3. The van der Waals surface area contributed by atoms with Crippen LogP contribution in [0, 0.1) is 6.92 Å². The van der Waals surface area contributed by atoms with Crippen LogP contribution < -0.4 is 10.6 Å². The molecular weight excluding hydrogens is 274 g/mol. The van der Waals surface area contributed by atoms with E-state index in [2.05, 4.69) is 38.1 Å². The first-order valence-corrected chi connectivity index (χ1v) is 5.61. The molecule has 0 aliphatic carbocycles. The Kier molecular flexibility index (Phi) is 4.71. The summed E-state index contributed by atoms with van der Waals surface area (Å²) < 4.78 is 0.954. The maximum absolute atomic E-state index is 5.07. The first-order valence-electron chi connectivity index (χ1n) is 4.41. The number of rotatable bonds is 3. The molecule has 3 nitrogen and oxygen atoms in total. The molecule has 0 saturated heterocycles. The predicted octanol–water partition coefficient (Wildman–Crippen LogP) is 2.62. The van der Waals surface area contributed by atoms with Crippen molar-refractivity contribution < 1.29 is 0 Å². The van der Waals surface area contributed by atoms with Gasteiger partial charge in [0.25, 0.3) is 0 Å². The third kappa shape index (κ3) is 3.97. The zero-order valence-corrected chi connectivity index (χ0v) is 10.8. The van der Waals surface area contributed by atoms with Crippen molar-refractivity contribution in [3.63, 3.8) is 0 Å². The molecule has 0 fully saturated rings. The number of pyridine rings is 1. The lowest BCUT2D eigenvalue weighted by atomic mass is 10.3. The minimum atomic E-state index is 0.549. The maximum Gasteiger partial charge on any atom is 0.172 e. The van der Waals surface area contributed by atoms with Crippen LogP contribution >= 0.6 is 28.1 Å². The molecule has 1 aromatic rings. The van der Waals surface area contributed by atoms with E-state index < -0.39 is 0 Å². The van der Waals surface area contributed by atoms with Gasteiger partial charge in [0.05, 0.1) is 0 Å². The van der Waals surface area contributed by atoms with Crippen molar-refractivity contribution in [2.24, 2.45) is 0 Å². The number of aromatic nitrogens is 1. The molecule has 0 saturated carbocycles. The van der Waals surface area contributed by atoms with Gasteiger partial charge in [-0.2, -0.15) is 0 Å². The van der Waals surface area contributed by atoms with E-state index in [1.54, 1.807) is 12.3 Å². The molecule has 0 aliphatic heterocycles. The first kappa shape index (κ1) is 12.1. The van der Waals surface area contributed by atoms with Gasteiger partial charge in [-0.25, -0.2) is 4.98 Å². The molecule has 5 heteroatoms. The van der Waals surface area contributed by atoms with Gasteiger partial charge in [0.15, 0.2) is 5.11 Å². The summed E-state index contributed by atoms with van der Waals surface area (Å²) in [4.78, 5) is 4.21. The van der Waals surface area contributed by atoms with E-state index >= 15 is 0 Å². The highest BCUT2D eigenvalue weighted by molar-refractivity contribution is 9.10. The molecule has 1 aromatic heterocycles. The van der Waals surface area contributed by atoms with Gasteiger partial charge in [-0.05, 0) is 46.7 Å². The van der Waals surface area contributed by atoms with Crippen LogP contribution in [0.25, 0.3) is 0 Å². The zero-order valence-electron chi connectivity index (χ0n) is 8.38. The number of hydrogen-bond acceptors (Lipinski definition) is 2. The highest BCUT2D eigenvalue weighted by Gasteiger charge is 2.01. The van der Waals surface area contributed by atoms with Gasteiger partial charge >= 0.3 is 0 Å². The number of hydrogen-bond donors (Lipinski definition) is 2. The average Bonchev–Trinajstić information content (AvgIpc) is 2.19. The van der Waals surface area contributed by atoms with Crippen molar-refractivity contribution >= 4 is 39.1 Å². The number of thiocarbonyl (C=S) groups is 1. The van der Waals surface area contributed by atoms with Gasteiger partial charge in [-0.15, -0.1) is 6.58 Å². The van der Waals surface area contributed by atoms with E-state index in [-0.39, 0.29) is 0 Å². The van der Waals surface area contributed by atoms with Crippen LogP contribution in [0.15, 0.2) is 29.4 Å². The Balaban J connectivity index is 2.64. The molecule has 0 aliphatic rings. The molecule has 80 valence electrons. The fourth-order valence-corrected chi connectivity index (χ4v) is 1.61. The Labute approximate surface area is 103 Å². The summed E-state index contributed by atoms with van der Waals surface area (Å²) in [6.45, 7) is 6.21. The summed E-state index contributed by atoms with van der Waals surface area (Å²) in [5, 5.41) is 6.53. The van der Waals surface area contributed by atoms with Gasteiger partial charge in [0.1, 0.15) is 5.82 Å². The second-order valence-corrected chi connectivity index (χ2v) is 4.27. The minimum absolute atomic E-state index is 0.549. The number of aryl methyl sites for hydroxylation is 1. The molecule has 0 atom stereocenters. The second-order valence-electron chi connectivity index (χ2n) is 2.94. The monoisotopic (exact) mass is 285 g/mol. The van der Waals surface area contributed by atoms with Crippen molar-refractivity contribution in [3.05, 3.63) is 35.0 Å². The van der Waals surface area contributed by atoms with Gasteiger partial charge < -0.3 is 10.6 Å². The largest absolute Gasteiger partial charge is 0.359 e. The third-order valence-electron chi connectivity index (χ3n) is 1.68. The molecule has 0 aromatic carbocycles. The summed E-state index contributed by atoms with van der Waals surface area (Å²) in [6, 6.07) is 1.98. The van der Waals surface area contributed by atoms with Gasteiger partial charge in [-0.1, -0.05) is 6.08 Å². The molecule has 0 radical (unpaired) electrons. The Morgan fingerprint density at radius 3 is 3.07 bits per heavy atom. The molecular formula is C10H12BrN3S. The third-order valence-corrected chi connectivity index (χ3v) is 2.36. The van der Waals surface area contributed by atoms with Crippen molar-refractivity contribution in [2.75, 3.05) is 11.9 Å². The summed E-state index contributed by atoms with van der Waals surface area (Å²) in [6.07, 6.45) is 3.47. The molecule has 1 heterocycles. The van der Waals surface area contributed by atoms with Crippen LogP contribution in [0.1, 0.15) is 5.56 Å². The van der Waals surface area contributed by atoms with Crippen LogP contribution in [-0.2, 0) is 0 Å². The van der Waals surface area contributed by atoms with E-state index in [4.69, 9.17) is 12.2 Å². The van der Waals surface area contributed by atoms with Crippen molar-refractivity contribution in [1.29, 1.82) is 0 Å². The molecule has 0 bridgehead atoms. The fourth-order valence-electron chi connectivity index (χ4n) is 0.988. The van der Waals surface area contributed by atoms with Crippen molar-refractivity contribution in [2.45, 2.75) is 6.92 Å². The van der Waals surface area contributed by atoms with Gasteiger partial charge in [0.2, 0.25) is 0 Å². The van der Waals surface area contributed by atoms with Crippen molar-refractivity contribution in [1.82, 2.24) is 10.3 Å². The number of nitrogens with zero attached hydrogens (tertiary/aromatic N) is 1. The van der Waals surface area contributed by atoms with Crippen LogP contribution in [0.2, 0.25) is 0 Å².